The van der Waals surface area contributed by atoms with E-state index in [-0.39, 0.29) is 6.04 Å². The Morgan fingerprint density at radius 3 is 2.71 bits per heavy atom. The molecule has 1 unspecified atom stereocenters. The van der Waals surface area contributed by atoms with Crippen molar-refractivity contribution in [1.29, 1.82) is 0 Å². The van der Waals surface area contributed by atoms with Crippen LogP contribution in [0.3, 0.4) is 0 Å². The minimum Gasteiger partial charge on any atom is -0.305 e. The topological polar surface area (TPSA) is 42.7 Å². The van der Waals surface area contributed by atoms with Gasteiger partial charge in [-0.15, -0.1) is 16.4 Å². The Balaban J connectivity index is 2.03. The fourth-order valence-corrected chi connectivity index (χ4v) is 3.76. The van der Waals surface area contributed by atoms with Crippen LogP contribution < -0.4 is 5.32 Å². The van der Waals surface area contributed by atoms with Gasteiger partial charge in [-0.2, -0.15) is 0 Å². The van der Waals surface area contributed by atoms with Crippen molar-refractivity contribution in [3.63, 3.8) is 0 Å². The zero-order valence-corrected chi connectivity index (χ0v) is 13.9. The van der Waals surface area contributed by atoms with Gasteiger partial charge in [-0.05, 0) is 46.7 Å². The number of hydrogen-bond acceptors (Lipinski definition) is 4. The highest BCUT2D eigenvalue weighted by atomic mass is 79.9. The average molecular weight is 363 g/mol. The molecule has 0 aliphatic rings. The lowest BCUT2D eigenvalue weighted by Crippen LogP contribution is -2.23. The molecule has 2 heterocycles. The van der Waals surface area contributed by atoms with E-state index in [4.69, 9.17) is 0 Å². The first-order chi connectivity index (χ1) is 10.3. The first kappa shape index (κ1) is 14.4. The number of halogens is 1. The van der Waals surface area contributed by atoms with E-state index in [9.17, 15) is 0 Å². The third-order valence-corrected chi connectivity index (χ3v) is 4.85. The van der Waals surface area contributed by atoms with E-state index in [1.165, 1.54) is 4.88 Å². The van der Waals surface area contributed by atoms with Gasteiger partial charge in [0.25, 0.3) is 0 Å². The van der Waals surface area contributed by atoms with Crippen LogP contribution >= 0.6 is 27.3 Å². The van der Waals surface area contributed by atoms with Gasteiger partial charge < -0.3 is 5.32 Å². The number of aromatic nitrogens is 3. The third-order valence-electron chi connectivity index (χ3n) is 3.16. The van der Waals surface area contributed by atoms with Crippen molar-refractivity contribution in [3.8, 4) is 5.69 Å². The first-order valence-corrected chi connectivity index (χ1v) is 8.35. The van der Waals surface area contributed by atoms with Crippen LogP contribution in [0.25, 0.3) is 5.69 Å². The SMILES string of the molecule is CCNC(c1ccc(Br)s1)c1cnnn1-c1ccccc1. The minimum atomic E-state index is 0.0847. The Hall–Kier alpha value is -1.50. The lowest BCUT2D eigenvalue weighted by Gasteiger charge is -2.17. The molecule has 0 bridgehead atoms. The van der Waals surface area contributed by atoms with Crippen molar-refractivity contribution in [2.75, 3.05) is 6.54 Å². The maximum absolute atomic E-state index is 4.24. The van der Waals surface area contributed by atoms with Crippen molar-refractivity contribution in [2.24, 2.45) is 0 Å². The highest BCUT2D eigenvalue weighted by Crippen LogP contribution is 2.31. The maximum Gasteiger partial charge on any atom is 0.0868 e. The van der Waals surface area contributed by atoms with Gasteiger partial charge in [0.05, 0.1) is 27.4 Å². The van der Waals surface area contributed by atoms with E-state index in [0.29, 0.717) is 0 Å². The molecule has 3 aromatic rings. The van der Waals surface area contributed by atoms with Gasteiger partial charge in [-0.3, -0.25) is 0 Å². The Morgan fingerprint density at radius 1 is 1.24 bits per heavy atom. The molecule has 21 heavy (non-hydrogen) atoms. The molecule has 0 aliphatic carbocycles. The summed E-state index contributed by atoms with van der Waals surface area (Å²) in [4.78, 5) is 1.24. The zero-order valence-electron chi connectivity index (χ0n) is 11.5. The van der Waals surface area contributed by atoms with Gasteiger partial charge in [0.1, 0.15) is 0 Å². The molecule has 6 heteroatoms. The number of nitrogens with zero attached hydrogens (tertiary/aromatic N) is 3. The van der Waals surface area contributed by atoms with Crippen molar-refractivity contribution >= 4 is 27.3 Å². The van der Waals surface area contributed by atoms with E-state index in [0.717, 1.165) is 21.7 Å². The van der Waals surface area contributed by atoms with E-state index >= 15 is 0 Å². The van der Waals surface area contributed by atoms with Gasteiger partial charge in [0.15, 0.2) is 0 Å². The molecule has 1 N–H and O–H groups in total. The zero-order chi connectivity index (χ0) is 14.7. The summed E-state index contributed by atoms with van der Waals surface area (Å²) in [6.45, 7) is 2.98. The van der Waals surface area contributed by atoms with Gasteiger partial charge >= 0.3 is 0 Å². The number of nitrogens with one attached hydrogen (secondary N) is 1. The van der Waals surface area contributed by atoms with E-state index in [2.05, 4.69) is 50.6 Å². The number of thiophene rings is 1. The van der Waals surface area contributed by atoms with Crippen LogP contribution in [0, 0.1) is 0 Å². The van der Waals surface area contributed by atoms with Gasteiger partial charge in [0.2, 0.25) is 0 Å². The summed E-state index contributed by atoms with van der Waals surface area (Å²) in [7, 11) is 0. The van der Waals surface area contributed by atoms with Crippen LogP contribution in [0.1, 0.15) is 23.5 Å². The highest BCUT2D eigenvalue weighted by molar-refractivity contribution is 9.11. The molecule has 4 nitrogen and oxygen atoms in total. The smallest absolute Gasteiger partial charge is 0.0868 e. The molecule has 0 saturated carbocycles. The number of rotatable bonds is 5. The summed E-state index contributed by atoms with van der Waals surface area (Å²) in [5.74, 6) is 0. The minimum absolute atomic E-state index is 0.0847. The molecule has 1 atom stereocenters. The molecule has 108 valence electrons. The predicted octanol–water partition coefficient (Wildman–Crippen LogP) is 3.79. The molecular weight excluding hydrogens is 348 g/mol. The molecule has 0 aliphatic heterocycles. The maximum atomic E-state index is 4.24. The van der Waals surface area contributed by atoms with Gasteiger partial charge in [-0.25, -0.2) is 4.68 Å². The number of benzene rings is 1. The molecule has 0 fully saturated rings. The summed E-state index contributed by atoms with van der Waals surface area (Å²) in [6.07, 6.45) is 1.83. The second-order valence-electron chi connectivity index (χ2n) is 4.54. The molecule has 0 spiro atoms. The molecule has 0 amide bonds. The standard InChI is InChI=1S/C15H15BrN4S/c1-2-17-15(13-8-9-14(16)21-13)12-10-18-19-20(12)11-6-4-3-5-7-11/h3-10,15,17H,2H2,1H3. The van der Waals surface area contributed by atoms with Crippen LogP contribution in [0.5, 0.6) is 0 Å². The Kier molecular flexibility index (Phi) is 4.48. The molecule has 0 radical (unpaired) electrons. The fourth-order valence-electron chi connectivity index (χ4n) is 2.25. The van der Waals surface area contributed by atoms with Crippen LogP contribution in [0.2, 0.25) is 0 Å². The Morgan fingerprint density at radius 2 is 2.05 bits per heavy atom. The molecule has 2 aromatic heterocycles. The lowest BCUT2D eigenvalue weighted by atomic mass is 10.1. The predicted molar refractivity (Wildman–Crippen MR) is 88.9 cm³/mol. The average Bonchev–Trinajstić information content (AvgIpc) is 3.15. The number of para-hydroxylation sites is 1. The normalized spacial score (nSPS) is 12.5. The van der Waals surface area contributed by atoms with Gasteiger partial charge in [0, 0.05) is 4.88 Å². The van der Waals surface area contributed by atoms with Crippen LogP contribution in [-0.2, 0) is 0 Å². The summed E-state index contributed by atoms with van der Waals surface area (Å²) < 4.78 is 3.01. The summed E-state index contributed by atoms with van der Waals surface area (Å²) in [5.41, 5.74) is 2.06. The van der Waals surface area contributed by atoms with E-state index in [1.807, 2.05) is 41.2 Å². The molecule has 3 rings (SSSR count). The van der Waals surface area contributed by atoms with E-state index < -0.39 is 0 Å². The van der Waals surface area contributed by atoms with Gasteiger partial charge in [-0.1, -0.05) is 30.3 Å². The monoisotopic (exact) mass is 362 g/mol. The van der Waals surface area contributed by atoms with E-state index in [1.54, 1.807) is 11.3 Å². The third kappa shape index (κ3) is 3.07. The van der Waals surface area contributed by atoms with Crippen LogP contribution in [-0.4, -0.2) is 21.5 Å². The number of hydrogen-bond donors (Lipinski definition) is 1. The largest absolute Gasteiger partial charge is 0.305 e. The Bertz CT molecular complexity index is 707. The Labute approximate surface area is 135 Å². The summed E-state index contributed by atoms with van der Waals surface area (Å²) in [6, 6.07) is 14.4. The summed E-state index contributed by atoms with van der Waals surface area (Å²) >= 11 is 5.25. The van der Waals surface area contributed by atoms with Crippen molar-refractivity contribution in [1.82, 2.24) is 20.3 Å². The van der Waals surface area contributed by atoms with Crippen molar-refractivity contribution in [3.05, 3.63) is 63.0 Å². The second-order valence-corrected chi connectivity index (χ2v) is 7.03. The highest BCUT2D eigenvalue weighted by Gasteiger charge is 2.20. The lowest BCUT2D eigenvalue weighted by molar-refractivity contribution is 0.599. The fraction of sp³-hybridized carbons (Fsp3) is 0.200. The van der Waals surface area contributed by atoms with Crippen LogP contribution in [0.15, 0.2) is 52.4 Å². The quantitative estimate of drug-likeness (QED) is 0.750. The molecule has 0 saturated heterocycles. The van der Waals surface area contributed by atoms with Crippen molar-refractivity contribution < 1.29 is 0 Å². The first-order valence-electron chi connectivity index (χ1n) is 6.74. The van der Waals surface area contributed by atoms with Crippen molar-refractivity contribution in [2.45, 2.75) is 13.0 Å². The van der Waals surface area contributed by atoms with Crippen LogP contribution in [0.4, 0.5) is 0 Å². The summed E-state index contributed by atoms with van der Waals surface area (Å²) in [5, 5.41) is 11.9. The molecular formula is C15H15BrN4S. The molecule has 1 aromatic carbocycles. The second kappa shape index (κ2) is 6.51.